The number of nitrogens with zero attached hydrogens (tertiary/aromatic N) is 1. The summed E-state index contributed by atoms with van der Waals surface area (Å²) in [5, 5.41) is 0. The molecule has 2 aliphatic rings. The minimum absolute atomic E-state index is 0.0204. The van der Waals surface area contributed by atoms with Crippen molar-refractivity contribution in [2.24, 2.45) is 5.92 Å². The second kappa shape index (κ2) is 6.92. The van der Waals surface area contributed by atoms with Gasteiger partial charge in [0.25, 0.3) is 0 Å². The number of carbonyl (C=O) groups excluding carboxylic acids is 2. The molecule has 1 amide bonds. The molecule has 1 aliphatic heterocycles. The summed E-state index contributed by atoms with van der Waals surface area (Å²) in [6.45, 7) is 4.17. The van der Waals surface area contributed by atoms with Gasteiger partial charge in [0.2, 0.25) is 5.91 Å². The van der Waals surface area contributed by atoms with E-state index in [-0.39, 0.29) is 29.5 Å². The first-order chi connectivity index (χ1) is 11.9. The fraction of sp³-hybridized carbons (Fsp3) is 0.400. The first kappa shape index (κ1) is 17.5. The van der Waals surface area contributed by atoms with Crippen LogP contribution in [0.1, 0.15) is 25.8 Å². The van der Waals surface area contributed by atoms with Crippen LogP contribution in [0, 0.1) is 11.7 Å². The van der Waals surface area contributed by atoms with E-state index < -0.39 is 5.72 Å². The summed E-state index contributed by atoms with van der Waals surface area (Å²) in [5.74, 6) is -0.604. The quantitative estimate of drug-likeness (QED) is 0.844. The maximum atomic E-state index is 13.0. The molecule has 1 atom stereocenters. The van der Waals surface area contributed by atoms with Crippen LogP contribution in [-0.4, -0.2) is 35.0 Å². The SMILES string of the molecule is CC(C)N1C(=O)C(CCc2ccc(F)cc2)COC12C=CC(=O)C=C2. The number of hydrogen-bond donors (Lipinski definition) is 0. The Morgan fingerprint density at radius 1 is 1.20 bits per heavy atom. The van der Waals surface area contributed by atoms with E-state index in [4.69, 9.17) is 4.74 Å². The number of allylic oxidation sites excluding steroid dienone is 2. The van der Waals surface area contributed by atoms with Gasteiger partial charge >= 0.3 is 0 Å². The lowest BCUT2D eigenvalue weighted by Crippen LogP contribution is -2.61. The summed E-state index contributed by atoms with van der Waals surface area (Å²) in [7, 11) is 0. The summed E-state index contributed by atoms with van der Waals surface area (Å²) < 4.78 is 19.0. The van der Waals surface area contributed by atoms with E-state index >= 15 is 0 Å². The number of halogens is 1. The number of ketones is 1. The zero-order valence-electron chi connectivity index (χ0n) is 14.4. The van der Waals surface area contributed by atoms with Gasteiger partial charge in [-0.25, -0.2) is 4.39 Å². The van der Waals surface area contributed by atoms with E-state index in [2.05, 4.69) is 0 Å². The molecular formula is C20H22FNO3. The van der Waals surface area contributed by atoms with Gasteiger partial charge in [0, 0.05) is 6.04 Å². The second-order valence-electron chi connectivity index (χ2n) is 6.80. The standard InChI is InChI=1S/C20H22FNO3/c1-14(2)22-19(24)16(6-3-15-4-7-17(21)8-5-15)13-25-20(22)11-9-18(23)10-12-20/h4-5,7-12,14,16H,3,6,13H2,1-2H3. The highest BCUT2D eigenvalue weighted by Crippen LogP contribution is 2.34. The van der Waals surface area contributed by atoms with Gasteiger partial charge in [-0.1, -0.05) is 12.1 Å². The van der Waals surface area contributed by atoms with Crippen molar-refractivity contribution in [2.45, 2.75) is 38.5 Å². The van der Waals surface area contributed by atoms with Crippen molar-refractivity contribution in [2.75, 3.05) is 6.61 Å². The van der Waals surface area contributed by atoms with Crippen molar-refractivity contribution < 1.29 is 18.7 Å². The fourth-order valence-electron chi connectivity index (χ4n) is 3.37. The zero-order valence-corrected chi connectivity index (χ0v) is 14.4. The molecule has 132 valence electrons. The van der Waals surface area contributed by atoms with Crippen molar-refractivity contribution >= 4 is 11.7 Å². The van der Waals surface area contributed by atoms with E-state index in [1.165, 1.54) is 24.3 Å². The number of benzene rings is 1. The van der Waals surface area contributed by atoms with Crippen LogP contribution in [-0.2, 0) is 20.7 Å². The Morgan fingerprint density at radius 3 is 2.44 bits per heavy atom. The lowest BCUT2D eigenvalue weighted by atomic mass is 9.92. The molecule has 1 unspecified atom stereocenters. The van der Waals surface area contributed by atoms with Crippen molar-refractivity contribution in [3.05, 3.63) is 60.0 Å². The van der Waals surface area contributed by atoms with Gasteiger partial charge in [0.15, 0.2) is 11.5 Å². The van der Waals surface area contributed by atoms with E-state index in [9.17, 15) is 14.0 Å². The summed E-state index contributed by atoms with van der Waals surface area (Å²) in [5.41, 5.74) is 0.0274. The highest BCUT2D eigenvalue weighted by Gasteiger charge is 2.46. The van der Waals surface area contributed by atoms with Gasteiger partial charge in [-0.2, -0.15) is 0 Å². The number of ether oxygens (including phenoxy) is 1. The Labute approximate surface area is 147 Å². The van der Waals surface area contributed by atoms with Crippen LogP contribution in [0.4, 0.5) is 4.39 Å². The highest BCUT2D eigenvalue weighted by atomic mass is 19.1. The van der Waals surface area contributed by atoms with Crippen LogP contribution in [0.2, 0.25) is 0 Å². The van der Waals surface area contributed by atoms with Crippen molar-refractivity contribution in [3.63, 3.8) is 0 Å². The monoisotopic (exact) mass is 343 g/mol. The second-order valence-corrected chi connectivity index (χ2v) is 6.80. The molecule has 25 heavy (non-hydrogen) atoms. The third-order valence-electron chi connectivity index (χ3n) is 4.66. The summed E-state index contributed by atoms with van der Waals surface area (Å²) >= 11 is 0. The van der Waals surface area contributed by atoms with Crippen molar-refractivity contribution in [3.8, 4) is 0 Å². The average Bonchev–Trinajstić information content (AvgIpc) is 2.58. The van der Waals surface area contributed by atoms with Crippen LogP contribution < -0.4 is 0 Å². The number of carbonyl (C=O) groups is 2. The molecular weight excluding hydrogens is 321 g/mol. The van der Waals surface area contributed by atoms with Crippen LogP contribution >= 0.6 is 0 Å². The fourth-order valence-corrected chi connectivity index (χ4v) is 3.37. The van der Waals surface area contributed by atoms with E-state index in [1.54, 1.807) is 29.2 Å². The maximum Gasteiger partial charge on any atom is 0.231 e. The molecule has 0 radical (unpaired) electrons. The molecule has 1 aromatic carbocycles. The molecule has 1 spiro atoms. The smallest absolute Gasteiger partial charge is 0.231 e. The predicted octanol–water partition coefficient (Wildman–Crippen LogP) is 3.03. The zero-order chi connectivity index (χ0) is 18.0. The number of aryl methyl sites for hydroxylation is 1. The van der Waals surface area contributed by atoms with Gasteiger partial charge in [0.1, 0.15) is 5.82 Å². The van der Waals surface area contributed by atoms with Crippen LogP contribution in [0.15, 0.2) is 48.6 Å². The minimum atomic E-state index is -0.967. The average molecular weight is 343 g/mol. The lowest BCUT2D eigenvalue weighted by Gasteiger charge is -2.48. The van der Waals surface area contributed by atoms with Gasteiger partial charge in [-0.3, -0.25) is 9.59 Å². The Hall–Kier alpha value is -2.27. The molecule has 5 heteroatoms. The Bertz CT molecular complexity index is 705. The Kier molecular flexibility index (Phi) is 4.86. The number of amides is 1. The molecule has 1 saturated heterocycles. The summed E-state index contributed by atoms with van der Waals surface area (Å²) in [6, 6.07) is 6.27. The molecule has 0 N–H and O–H groups in total. The van der Waals surface area contributed by atoms with Gasteiger partial charge in [0.05, 0.1) is 12.5 Å². The Morgan fingerprint density at radius 2 is 1.84 bits per heavy atom. The topological polar surface area (TPSA) is 46.6 Å². The number of hydrogen-bond acceptors (Lipinski definition) is 3. The maximum absolute atomic E-state index is 13.0. The van der Waals surface area contributed by atoms with Crippen LogP contribution in [0.3, 0.4) is 0 Å². The van der Waals surface area contributed by atoms with Gasteiger partial charge < -0.3 is 9.64 Å². The predicted molar refractivity (Wildman–Crippen MR) is 92.2 cm³/mol. The van der Waals surface area contributed by atoms with E-state index in [1.807, 2.05) is 13.8 Å². The van der Waals surface area contributed by atoms with Gasteiger partial charge in [-0.05, 0) is 68.7 Å². The van der Waals surface area contributed by atoms with Crippen LogP contribution in [0.25, 0.3) is 0 Å². The van der Waals surface area contributed by atoms with Crippen LogP contribution in [0.5, 0.6) is 0 Å². The molecule has 1 aliphatic carbocycles. The molecule has 1 heterocycles. The summed E-state index contributed by atoms with van der Waals surface area (Å²) in [4.78, 5) is 26.2. The number of rotatable bonds is 4. The molecule has 0 aromatic heterocycles. The first-order valence-corrected chi connectivity index (χ1v) is 8.55. The van der Waals surface area contributed by atoms with Gasteiger partial charge in [-0.15, -0.1) is 0 Å². The molecule has 0 saturated carbocycles. The van der Waals surface area contributed by atoms with E-state index in [0.29, 0.717) is 19.4 Å². The molecule has 3 rings (SSSR count). The molecule has 4 nitrogen and oxygen atoms in total. The summed E-state index contributed by atoms with van der Waals surface area (Å²) in [6.07, 6.45) is 7.52. The highest BCUT2D eigenvalue weighted by molar-refractivity contribution is 6.01. The molecule has 0 bridgehead atoms. The van der Waals surface area contributed by atoms with Crippen molar-refractivity contribution in [1.82, 2.24) is 4.90 Å². The molecule has 1 fully saturated rings. The normalized spacial score (nSPS) is 22.2. The largest absolute Gasteiger partial charge is 0.347 e. The third-order valence-corrected chi connectivity index (χ3v) is 4.66. The molecule has 1 aromatic rings. The minimum Gasteiger partial charge on any atom is -0.347 e. The third kappa shape index (κ3) is 3.56. The van der Waals surface area contributed by atoms with E-state index in [0.717, 1.165) is 5.56 Å². The van der Waals surface area contributed by atoms with Crippen molar-refractivity contribution in [1.29, 1.82) is 0 Å². The lowest BCUT2D eigenvalue weighted by molar-refractivity contribution is -0.186. The Balaban J connectivity index is 1.73. The first-order valence-electron chi connectivity index (χ1n) is 8.55.